The van der Waals surface area contributed by atoms with Crippen molar-refractivity contribution < 1.29 is 18.1 Å². The highest BCUT2D eigenvalue weighted by Gasteiger charge is 2.17. The van der Waals surface area contributed by atoms with Gasteiger partial charge in [0, 0.05) is 19.4 Å². The molecular weight excluding hydrogens is 337 g/mol. The van der Waals surface area contributed by atoms with Gasteiger partial charge in [0.05, 0.1) is 18.4 Å². The van der Waals surface area contributed by atoms with Gasteiger partial charge in [-0.15, -0.1) is 6.58 Å². The number of furan rings is 1. The highest BCUT2D eigenvalue weighted by atomic mass is 19.1. The van der Waals surface area contributed by atoms with Crippen LogP contribution in [0.3, 0.4) is 0 Å². The summed E-state index contributed by atoms with van der Waals surface area (Å²) < 4.78 is 24.2. The summed E-state index contributed by atoms with van der Waals surface area (Å²) in [6.45, 7) is 4.44. The minimum atomic E-state index is -0.425. The average Bonchev–Trinajstić information content (AvgIpc) is 3.31. The van der Waals surface area contributed by atoms with Gasteiger partial charge in [-0.25, -0.2) is 4.39 Å². The minimum Gasteiger partial charge on any atom is -0.467 e. The Kier molecular flexibility index (Phi) is 5.58. The van der Waals surface area contributed by atoms with E-state index in [9.17, 15) is 9.18 Å². The first-order valence-corrected chi connectivity index (χ1v) is 8.16. The molecule has 0 saturated heterocycles. The van der Waals surface area contributed by atoms with Crippen LogP contribution in [0.25, 0.3) is 11.4 Å². The minimum absolute atomic E-state index is 0.0908. The predicted molar refractivity (Wildman–Crippen MR) is 92.3 cm³/mol. The van der Waals surface area contributed by atoms with Crippen molar-refractivity contribution in [3.05, 3.63) is 72.8 Å². The molecule has 7 heteroatoms. The zero-order valence-electron chi connectivity index (χ0n) is 14.1. The number of benzene rings is 1. The number of carbonyl (C=O) groups is 1. The van der Waals surface area contributed by atoms with E-state index in [0.29, 0.717) is 18.8 Å². The molecule has 1 amide bonds. The van der Waals surface area contributed by atoms with Crippen LogP contribution in [-0.2, 0) is 17.8 Å². The third-order valence-corrected chi connectivity index (χ3v) is 3.76. The number of hydrogen-bond acceptors (Lipinski definition) is 5. The highest BCUT2D eigenvalue weighted by molar-refractivity contribution is 5.76. The number of carbonyl (C=O) groups excluding carboxylic acids is 1. The van der Waals surface area contributed by atoms with Crippen LogP contribution in [0.2, 0.25) is 0 Å². The first-order valence-electron chi connectivity index (χ1n) is 8.16. The van der Waals surface area contributed by atoms with E-state index >= 15 is 0 Å². The molecule has 0 aliphatic rings. The van der Waals surface area contributed by atoms with E-state index in [0.717, 1.165) is 0 Å². The average molecular weight is 355 g/mol. The van der Waals surface area contributed by atoms with E-state index in [4.69, 9.17) is 8.94 Å². The molecule has 26 heavy (non-hydrogen) atoms. The Hall–Kier alpha value is -3.22. The lowest BCUT2D eigenvalue weighted by molar-refractivity contribution is -0.131. The molecule has 0 fully saturated rings. The molecule has 3 aromatic rings. The van der Waals surface area contributed by atoms with E-state index in [1.54, 1.807) is 41.5 Å². The molecule has 0 bridgehead atoms. The summed E-state index contributed by atoms with van der Waals surface area (Å²) in [5.74, 6) is 0.635. The van der Waals surface area contributed by atoms with E-state index in [-0.39, 0.29) is 36.0 Å². The molecule has 1 aromatic carbocycles. The maximum Gasteiger partial charge on any atom is 0.227 e. The van der Waals surface area contributed by atoms with E-state index in [1.165, 1.54) is 6.07 Å². The monoisotopic (exact) mass is 355 g/mol. The van der Waals surface area contributed by atoms with Crippen LogP contribution in [0.15, 0.2) is 64.3 Å². The second-order valence-corrected chi connectivity index (χ2v) is 5.63. The zero-order chi connectivity index (χ0) is 18.4. The number of nitrogens with zero attached hydrogens (tertiary/aromatic N) is 3. The number of rotatable bonds is 8. The second-order valence-electron chi connectivity index (χ2n) is 5.63. The topological polar surface area (TPSA) is 72.4 Å². The summed E-state index contributed by atoms with van der Waals surface area (Å²) in [6.07, 6.45) is 3.68. The lowest BCUT2D eigenvalue weighted by Gasteiger charge is -2.19. The molecule has 2 aromatic heterocycles. The number of amides is 1. The number of halogens is 1. The quantitative estimate of drug-likeness (QED) is 0.577. The molecule has 0 aliphatic carbocycles. The van der Waals surface area contributed by atoms with Crippen LogP contribution in [0.5, 0.6) is 0 Å². The second kappa shape index (κ2) is 8.24. The molecule has 3 rings (SSSR count). The third-order valence-electron chi connectivity index (χ3n) is 3.76. The fourth-order valence-corrected chi connectivity index (χ4v) is 2.48. The van der Waals surface area contributed by atoms with Crippen molar-refractivity contribution in [3.63, 3.8) is 0 Å². The van der Waals surface area contributed by atoms with Crippen LogP contribution < -0.4 is 0 Å². The molecule has 0 atom stereocenters. The number of hydrogen-bond donors (Lipinski definition) is 0. The van der Waals surface area contributed by atoms with Gasteiger partial charge in [0.25, 0.3) is 0 Å². The molecule has 2 heterocycles. The maximum absolute atomic E-state index is 13.8. The fraction of sp³-hybridized carbons (Fsp3) is 0.211. The van der Waals surface area contributed by atoms with Crippen molar-refractivity contribution in [2.24, 2.45) is 0 Å². The van der Waals surface area contributed by atoms with Crippen molar-refractivity contribution in [2.75, 3.05) is 6.54 Å². The smallest absolute Gasteiger partial charge is 0.227 e. The van der Waals surface area contributed by atoms with Crippen molar-refractivity contribution >= 4 is 5.91 Å². The van der Waals surface area contributed by atoms with Gasteiger partial charge in [-0.3, -0.25) is 4.79 Å². The molecular formula is C19H18FN3O3. The molecule has 0 radical (unpaired) electrons. The van der Waals surface area contributed by atoms with Gasteiger partial charge in [0.1, 0.15) is 11.6 Å². The Morgan fingerprint density at radius 1 is 1.27 bits per heavy atom. The standard InChI is InChI=1S/C19H18FN3O3/c1-2-11-23(13-14-6-5-12-25-14)18(24)10-9-17-21-19(22-26-17)15-7-3-4-8-16(15)20/h2-8,12H,1,9-11,13H2. The van der Waals surface area contributed by atoms with Gasteiger partial charge in [-0.2, -0.15) is 4.98 Å². The molecule has 0 spiro atoms. The van der Waals surface area contributed by atoms with Gasteiger partial charge < -0.3 is 13.8 Å². The summed E-state index contributed by atoms with van der Waals surface area (Å²) in [5, 5.41) is 3.79. The van der Waals surface area contributed by atoms with Gasteiger partial charge in [0.15, 0.2) is 0 Å². The van der Waals surface area contributed by atoms with Gasteiger partial charge in [-0.05, 0) is 24.3 Å². The van der Waals surface area contributed by atoms with Crippen LogP contribution in [0.4, 0.5) is 4.39 Å². The van der Waals surface area contributed by atoms with Gasteiger partial charge in [0.2, 0.25) is 17.6 Å². The Balaban J connectivity index is 1.61. The molecule has 0 aliphatic heterocycles. The fourth-order valence-electron chi connectivity index (χ4n) is 2.48. The van der Waals surface area contributed by atoms with Crippen molar-refractivity contribution in [1.82, 2.24) is 15.0 Å². The largest absolute Gasteiger partial charge is 0.467 e. The molecule has 0 saturated carbocycles. The molecule has 0 unspecified atom stereocenters. The molecule has 134 valence electrons. The lowest BCUT2D eigenvalue weighted by Crippen LogP contribution is -2.30. The maximum atomic E-state index is 13.8. The van der Waals surface area contributed by atoms with Crippen LogP contribution in [-0.4, -0.2) is 27.5 Å². The Morgan fingerprint density at radius 3 is 2.85 bits per heavy atom. The normalized spacial score (nSPS) is 10.7. The summed E-state index contributed by atoms with van der Waals surface area (Å²) in [5.41, 5.74) is 0.264. The Labute approximate surface area is 149 Å². The van der Waals surface area contributed by atoms with Crippen LogP contribution >= 0.6 is 0 Å². The molecule has 0 N–H and O–H groups in total. The highest BCUT2D eigenvalue weighted by Crippen LogP contribution is 2.19. The number of aryl methyl sites for hydroxylation is 1. The van der Waals surface area contributed by atoms with Gasteiger partial charge in [-0.1, -0.05) is 23.4 Å². The van der Waals surface area contributed by atoms with Crippen LogP contribution in [0, 0.1) is 5.82 Å². The summed E-state index contributed by atoms with van der Waals surface area (Å²) in [4.78, 5) is 18.2. The van der Waals surface area contributed by atoms with Crippen molar-refractivity contribution in [2.45, 2.75) is 19.4 Å². The van der Waals surface area contributed by atoms with E-state index < -0.39 is 5.82 Å². The first-order chi connectivity index (χ1) is 12.7. The van der Waals surface area contributed by atoms with E-state index in [1.807, 2.05) is 6.07 Å². The molecule has 6 nitrogen and oxygen atoms in total. The Morgan fingerprint density at radius 2 is 2.12 bits per heavy atom. The third kappa shape index (κ3) is 4.24. The summed E-state index contributed by atoms with van der Waals surface area (Å²) in [6, 6.07) is 9.77. The zero-order valence-corrected chi connectivity index (χ0v) is 14.1. The van der Waals surface area contributed by atoms with Gasteiger partial charge >= 0.3 is 0 Å². The summed E-state index contributed by atoms with van der Waals surface area (Å²) in [7, 11) is 0. The Bertz CT molecular complexity index is 874. The van der Waals surface area contributed by atoms with Crippen LogP contribution in [0.1, 0.15) is 18.1 Å². The summed E-state index contributed by atoms with van der Waals surface area (Å²) >= 11 is 0. The van der Waals surface area contributed by atoms with Crippen molar-refractivity contribution in [3.8, 4) is 11.4 Å². The first kappa shape index (κ1) is 17.6. The van der Waals surface area contributed by atoms with Crippen molar-refractivity contribution in [1.29, 1.82) is 0 Å². The number of aromatic nitrogens is 2. The lowest BCUT2D eigenvalue weighted by atomic mass is 10.2. The van der Waals surface area contributed by atoms with E-state index in [2.05, 4.69) is 16.7 Å². The SMILES string of the molecule is C=CCN(Cc1ccco1)C(=O)CCc1nc(-c2ccccc2F)no1. The predicted octanol–water partition coefficient (Wildman–Crippen LogP) is 3.62.